The van der Waals surface area contributed by atoms with E-state index in [1.54, 1.807) is 0 Å². The van der Waals surface area contributed by atoms with Crippen LogP contribution in [0.1, 0.15) is 20.3 Å². The van der Waals surface area contributed by atoms with Crippen molar-refractivity contribution in [3.8, 4) is 0 Å². The molecule has 1 rings (SSSR count). The molecule has 0 aromatic carbocycles. The molecule has 0 atom stereocenters. The molecule has 0 aromatic heterocycles. The first-order valence-electron chi connectivity index (χ1n) is 3.28. The number of nitrogens with zero attached hydrogens (tertiary/aromatic N) is 1. The Bertz CT molecular complexity index is 82.9. The van der Waals surface area contributed by atoms with Crippen molar-refractivity contribution in [1.82, 2.24) is 4.90 Å². The van der Waals surface area contributed by atoms with Gasteiger partial charge in [-0.2, -0.15) is 0 Å². The molecule has 1 fully saturated rings. The first-order valence-corrected chi connectivity index (χ1v) is 3.28. The fourth-order valence-corrected chi connectivity index (χ4v) is 0.474. The molecular formula is C7H15NO. The van der Waals surface area contributed by atoms with Crippen LogP contribution in [0.25, 0.3) is 0 Å². The lowest BCUT2D eigenvalue weighted by molar-refractivity contribution is -0.114. The maximum atomic E-state index is 9.44. The minimum absolute atomic E-state index is 0.167. The Morgan fingerprint density at radius 3 is 1.56 bits per heavy atom. The van der Waals surface area contributed by atoms with Crippen LogP contribution in [0.4, 0.5) is 0 Å². The maximum Gasteiger partial charge on any atom is 0.126 e. The Balaban J connectivity index is 0.000000148. The van der Waals surface area contributed by atoms with Crippen molar-refractivity contribution in [1.29, 1.82) is 0 Å². The van der Waals surface area contributed by atoms with E-state index in [9.17, 15) is 4.79 Å². The van der Waals surface area contributed by atoms with E-state index in [2.05, 4.69) is 11.9 Å². The first kappa shape index (κ1) is 8.63. The molecule has 0 aliphatic carbocycles. The van der Waals surface area contributed by atoms with Crippen LogP contribution in [0.3, 0.4) is 0 Å². The largest absolute Gasteiger partial charge is 0.306 e. The first-order chi connectivity index (χ1) is 4.13. The highest BCUT2D eigenvalue weighted by atomic mass is 16.1. The van der Waals surface area contributed by atoms with Crippen molar-refractivity contribution in [2.45, 2.75) is 20.3 Å². The summed E-state index contributed by atoms with van der Waals surface area (Å²) in [5.41, 5.74) is 0. The summed E-state index contributed by atoms with van der Waals surface area (Å²) in [6, 6.07) is 0. The van der Waals surface area contributed by atoms with E-state index in [-0.39, 0.29) is 5.78 Å². The fourth-order valence-electron chi connectivity index (χ4n) is 0.474. The number of rotatable bonds is 0. The van der Waals surface area contributed by atoms with Crippen molar-refractivity contribution in [2.75, 3.05) is 20.1 Å². The Morgan fingerprint density at radius 1 is 1.33 bits per heavy atom. The SMILES string of the molecule is CC(C)=O.CN1CCC1. The molecule has 0 saturated carbocycles. The molecule has 2 nitrogen and oxygen atoms in total. The van der Waals surface area contributed by atoms with Gasteiger partial charge in [0.25, 0.3) is 0 Å². The lowest BCUT2D eigenvalue weighted by atomic mass is 10.3. The maximum absolute atomic E-state index is 9.44. The van der Waals surface area contributed by atoms with Crippen LogP contribution in [0.5, 0.6) is 0 Å². The molecule has 0 amide bonds. The van der Waals surface area contributed by atoms with Gasteiger partial charge in [0.2, 0.25) is 0 Å². The standard InChI is InChI=1S/C4H9N.C3H6O/c1-5-3-2-4-5;1-3(2)4/h2-4H2,1H3;1-2H3. The number of hydrogen-bond acceptors (Lipinski definition) is 2. The molecule has 0 N–H and O–H groups in total. The summed E-state index contributed by atoms with van der Waals surface area (Å²) in [6.45, 7) is 5.69. The lowest BCUT2D eigenvalue weighted by Crippen LogP contribution is -2.32. The van der Waals surface area contributed by atoms with E-state index in [4.69, 9.17) is 0 Å². The van der Waals surface area contributed by atoms with Gasteiger partial charge in [0, 0.05) is 0 Å². The monoisotopic (exact) mass is 129 g/mol. The van der Waals surface area contributed by atoms with Crippen LogP contribution in [0.15, 0.2) is 0 Å². The van der Waals surface area contributed by atoms with Gasteiger partial charge in [0.05, 0.1) is 0 Å². The topological polar surface area (TPSA) is 20.3 Å². The molecule has 9 heavy (non-hydrogen) atoms. The second kappa shape index (κ2) is 4.50. The summed E-state index contributed by atoms with van der Waals surface area (Å²) < 4.78 is 0. The Morgan fingerprint density at radius 2 is 1.56 bits per heavy atom. The van der Waals surface area contributed by atoms with Gasteiger partial charge in [-0.3, -0.25) is 0 Å². The summed E-state index contributed by atoms with van der Waals surface area (Å²) in [6.07, 6.45) is 1.41. The van der Waals surface area contributed by atoms with E-state index in [1.807, 2.05) is 0 Å². The van der Waals surface area contributed by atoms with Gasteiger partial charge in [-0.25, -0.2) is 0 Å². The van der Waals surface area contributed by atoms with Gasteiger partial charge in [0.1, 0.15) is 5.78 Å². The van der Waals surface area contributed by atoms with Crippen molar-refractivity contribution in [2.24, 2.45) is 0 Å². The predicted octanol–water partition coefficient (Wildman–Crippen LogP) is 0.917. The smallest absolute Gasteiger partial charge is 0.126 e. The van der Waals surface area contributed by atoms with E-state index in [0.29, 0.717) is 0 Å². The number of carbonyl (C=O) groups excluding carboxylic acids is 1. The van der Waals surface area contributed by atoms with Gasteiger partial charge >= 0.3 is 0 Å². The fraction of sp³-hybridized carbons (Fsp3) is 0.857. The summed E-state index contributed by atoms with van der Waals surface area (Å²) >= 11 is 0. The Labute approximate surface area is 56.9 Å². The van der Waals surface area contributed by atoms with Crippen LogP contribution >= 0.6 is 0 Å². The third-order valence-electron chi connectivity index (χ3n) is 1.08. The number of likely N-dealkylation sites (tertiary alicyclic amines) is 1. The third-order valence-corrected chi connectivity index (χ3v) is 1.08. The van der Waals surface area contributed by atoms with Gasteiger partial charge in [-0.15, -0.1) is 0 Å². The van der Waals surface area contributed by atoms with Gasteiger partial charge in [0.15, 0.2) is 0 Å². The average molecular weight is 129 g/mol. The van der Waals surface area contributed by atoms with E-state index >= 15 is 0 Å². The molecule has 1 heterocycles. The minimum atomic E-state index is 0.167. The molecule has 0 aromatic rings. The highest BCUT2D eigenvalue weighted by molar-refractivity contribution is 5.72. The second-order valence-electron chi connectivity index (χ2n) is 2.57. The molecule has 54 valence electrons. The highest BCUT2D eigenvalue weighted by Crippen LogP contribution is 1.98. The molecule has 1 aliphatic heterocycles. The molecule has 1 saturated heterocycles. The number of carbonyl (C=O) groups is 1. The highest BCUT2D eigenvalue weighted by Gasteiger charge is 2.04. The van der Waals surface area contributed by atoms with E-state index in [0.717, 1.165) is 0 Å². The Hall–Kier alpha value is -0.370. The quantitative estimate of drug-likeness (QED) is 0.484. The van der Waals surface area contributed by atoms with Crippen LogP contribution in [0, 0.1) is 0 Å². The summed E-state index contributed by atoms with van der Waals surface area (Å²) in [7, 11) is 2.14. The van der Waals surface area contributed by atoms with Crippen molar-refractivity contribution >= 4 is 5.78 Å². The molecule has 0 unspecified atom stereocenters. The lowest BCUT2D eigenvalue weighted by Gasteiger charge is -2.24. The summed E-state index contributed by atoms with van der Waals surface area (Å²) in [4.78, 5) is 11.8. The molecule has 1 aliphatic rings. The predicted molar refractivity (Wildman–Crippen MR) is 38.5 cm³/mol. The molecule has 0 radical (unpaired) electrons. The summed E-state index contributed by atoms with van der Waals surface area (Å²) in [5, 5.41) is 0. The molecule has 2 heteroatoms. The van der Waals surface area contributed by atoms with Crippen LogP contribution < -0.4 is 0 Å². The van der Waals surface area contributed by atoms with Crippen LogP contribution in [-0.2, 0) is 4.79 Å². The zero-order valence-corrected chi connectivity index (χ0v) is 6.48. The number of hydrogen-bond donors (Lipinski definition) is 0. The molecule has 0 bridgehead atoms. The zero-order valence-electron chi connectivity index (χ0n) is 6.48. The number of Topliss-reactive ketones (excluding diaryl/α,β-unsaturated/α-hetero) is 1. The van der Waals surface area contributed by atoms with Crippen molar-refractivity contribution in [3.63, 3.8) is 0 Å². The van der Waals surface area contributed by atoms with Gasteiger partial charge < -0.3 is 9.69 Å². The van der Waals surface area contributed by atoms with Crippen molar-refractivity contribution < 1.29 is 4.79 Å². The molecular weight excluding hydrogens is 114 g/mol. The second-order valence-corrected chi connectivity index (χ2v) is 2.57. The van der Waals surface area contributed by atoms with E-state index < -0.39 is 0 Å². The summed E-state index contributed by atoms with van der Waals surface area (Å²) in [5.74, 6) is 0.167. The zero-order chi connectivity index (χ0) is 7.28. The van der Waals surface area contributed by atoms with Crippen LogP contribution in [-0.4, -0.2) is 30.8 Å². The van der Waals surface area contributed by atoms with Crippen molar-refractivity contribution in [3.05, 3.63) is 0 Å². The van der Waals surface area contributed by atoms with Gasteiger partial charge in [-0.05, 0) is 40.4 Å². The van der Waals surface area contributed by atoms with E-state index in [1.165, 1.54) is 33.4 Å². The van der Waals surface area contributed by atoms with Crippen LogP contribution in [0.2, 0.25) is 0 Å². The Kier molecular flexibility index (Phi) is 4.32. The number of ketones is 1. The normalized spacial score (nSPS) is 17.2. The average Bonchev–Trinajstić information content (AvgIpc) is 1.59. The van der Waals surface area contributed by atoms with Gasteiger partial charge in [-0.1, -0.05) is 0 Å². The molecule has 0 spiro atoms. The third kappa shape index (κ3) is 7.63. The minimum Gasteiger partial charge on any atom is -0.306 e.